The summed E-state index contributed by atoms with van der Waals surface area (Å²) < 4.78 is 1.75. The first-order valence-electron chi connectivity index (χ1n) is 9.72. The van der Waals surface area contributed by atoms with Gasteiger partial charge in [-0.25, -0.2) is 4.98 Å². The van der Waals surface area contributed by atoms with Crippen LogP contribution in [0.15, 0.2) is 54.9 Å². The van der Waals surface area contributed by atoms with Crippen molar-refractivity contribution in [3.63, 3.8) is 0 Å². The van der Waals surface area contributed by atoms with Gasteiger partial charge in [0.05, 0.1) is 24.6 Å². The molecule has 1 aliphatic heterocycles. The summed E-state index contributed by atoms with van der Waals surface area (Å²) in [4.78, 5) is 19.1. The molecule has 146 valence electrons. The van der Waals surface area contributed by atoms with E-state index in [2.05, 4.69) is 26.4 Å². The van der Waals surface area contributed by atoms with E-state index < -0.39 is 0 Å². The second kappa shape index (κ2) is 8.57. The molecule has 7 nitrogen and oxygen atoms in total. The quantitative estimate of drug-likeness (QED) is 0.704. The number of aromatic nitrogens is 3. The van der Waals surface area contributed by atoms with Gasteiger partial charge in [-0.1, -0.05) is 18.2 Å². The molecule has 1 saturated heterocycles. The van der Waals surface area contributed by atoms with Gasteiger partial charge in [-0.15, -0.1) is 0 Å². The van der Waals surface area contributed by atoms with E-state index in [-0.39, 0.29) is 12.3 Å². The van der Waals surface area contributed by atoms with Crippen molar-refractivity contribution in [1.29, 1.82) is 5.26 Å². The minimum atomic E-state index is -0.121. The smallest absolute Gasteiger partial charge is 0.230 e. The van der Waals surface area contributed by atoms with E-state index in [0.717, 1.165) is 30.0 Å². The molecule has 1 fully saturated rings. The molecular weight excluding hydrogens is 364 g/mol. The first kappa shape index (κ1) is 18.7. The standard InChI is InChI=1S/C22H22N6O/c23-14-17-3-5-18(6-4-17)16-28-12-9-20(26-28)25-22(29)13-19-7-8-21(24-15-19)27-10-1-2-11-27/h3-9,12,15H,1-2,10-11,13,16H2,(H,25,26,29). The van der Waals surface area contributed by atoms with Crippen molar-refractivity contribution in [1.82, 2.24) is 14.8 Å². The third kappa shape index (κ3) is 4.79. The molecule has 3 heterocycles. The molecule has 0 aliphatic carbocycles. The lowest BCUT2D eigenvalue weighted by Gasteiger charge is -2.16. The number of carbonyl (C=O) groups excluding carboxylic acids is 1. The molecule has 0 unspecified atom stereocenters. The van der Waals surface area contributed by atoms with Crippen LogP contribution in [0.4, 0.5) is 11.6 Å². The zero-order chi connectivity index (χ0) is 20.1. The monoisotopic (exact) mass is 386 g/mol. The van der Waals surface area contributed by atoms with Crippen molar-refractivity contribution in [2.45, 2.75) is 25.8 Å². The van der Waals surface area contributed by atoms with E-state index in [1.807, 2.05) is 30.5 Å². The third-order valence-corrected chi connectivity index (χ3v) is 4.94. The van der Waals surface area contributed by atoms with Crippen LogP contribution in [0.1, 0.15) is 29.5 Å². The minimum Gasteiger partial charge on any atom is -0.357 e. The van der Waals surface area contributed by atoms with Gasteiger partial charge in [0.2, 0.25) is 5.91 Å². The summed E-state index contributed by atoms with van der Waals surface area (Å²) in [6, 6.07) is 15.2. The fourth-order valence-electron chi connectivity index (χ4n) is 3.42. The summed E-state index contributed by atoms with van der Waals surface area (Å²) in [5.74, 6) is 1.38. The Morgan fingerprint density at radius 2 is 1.83 bits per heavy atom. The fourth-order valence-corrected chi connectivity index (χ4v) is 3.42. The molecule has 1 amide bonds. The highest BCUT2D eigenvalue weighted by Crippen LogP contribution is 2.18. The maximum absolute atomic E-state index is 12.3. The van der Waals surface area contributed by atoms with E-state index in [1.165, 1.54) is 12.8 Å². The van der Waals surface area contributed by atoms with Crippen LogP contribution >= 0.6 is 0 Å². The molecule has 29 heavy (non-hydrogen) atoms. The zero-order valence-electron chi connectivity index (χ0n) is 16.1. The number of carbonyl (C=O) groups is 1. The molecule has 2 aromatic heterocycles. The summed E-state index contributed by atoms with van der Waals surface area (Å²) in [5, 5.41) is 16.1. The Hall–Kier alpha value is -3.66. The molecule has 0 atom stereocenters. The Kier molecular flexibility index (Phi) is 5.52. The van der Waals surface area contributed by atoms with E-state index in [9.17, 15) is 4.79 Å². The Balaban J connectivity index is 1.31. The minimum absolute atomic E-state index is 0.121. The number of hydrogen-bond donors (Lipinski definition) is 1. The van der Waals surface area contributed by atoms with Gasteiger partial charge >= 0.3 is 0 Å². The van der Waals surface area contributed by atoms with Gasteiger partial charge in [0.25, 0.3) is 0 Å². The summed E-state index contributed by atoms with van der Waals surface area (Å²) in [6.07, 6.45) is 6.28. The number of nitrogens with one attached hydrogen (secondary N) is 1. The van der Waals surface area contributed by atoms with Crippen molar-refractivity contribution in [3.05, 3.63) is 71.5 Å². The number of rotatable bonds is 6. The summed E-state index contributed by atoms with van der Waals surface area (Å²) in [7, 11) is 0. The van der Waals surface area contributed by atoms with Crippen molar-refractivity contribution in [2.24, 2.45) is 0 Å². The Bertz CT molecular complexity index is 1010. The SMILES string of the molecule is N#Cc1ccc(Cn2ccc(NC(=O)Cc3ccc(N4CCCC4)nc3)n2)cc1. The van der Waals surface area contributed by atoms with Crippen LogP contribution < -0.4 is 10.2 Å². The van der Waals surface area contributed by atoms with Crippen LogP contribution in [-0.4, -0.2) is 33.8 Å². The molecule has 1 aliphatic rings. The molecule has 0 radical (unpaired) electrons. The molecule has 0 bridgehead atoms. The van der Waals surface area contributed by atoms with Crippen LogP contribution in [0.2, 0.25) is 0 Å². The van der Waals surface area contributed by atoms with E-state index in [0.29, 0.717) is 17.9 Å². The van der Waals surface area contributed by atoms with Gasteiger partial charge in [-0.3, -0.25) is 9.48 Å². The fraction of sp³-hybridized carbons (Fsp3) is 0.273. The molecule has 1 aromatic carbocycles. The normalized spacial score (nSPS) is 13.3. The topological polar surface area (TPSA) is 86.8 Å². The van der Waals surface area contributed by atoms with Crippen LogP contribution in [0, 0.1) is 11.3 Å². The first-order chi connectivity index (χ1) is 14.2. The van der Waals surface area contributed by atoms with Crippen molar-refractivity contribution >= 4 is 17.5 Å². The maximum Gasteiger partial charge on any atom is 0.230 e. The van der Waals surface area contributed by atoms with E-state index >= 15 is 0 Å². The number of anilines is 2. The van der Waals surface area contributed by atoms with Crippen LogP contribution in [0.3, 0.4) is 0 Å². The summed E-state index contributed by atoms with van der Waals surface area (Å²) in [5.41, 5.74) is 2.54. The van der Waals surface area contributed by atoms with Gasteiger partial charge in [-0.2, -0.15) is 10.4 Å². The highest BCUT2D eigenvalue weighted by molar-refractivity contribution is 5.91. The lowest BCUT2D eigenvalue weighted by molar-refractivity contribution is -0.115. The molecule has 3 aromatic rings. The number of pyridine rings is 1. The Labute approximate surface area is 169 Å². The van der Waals surface area contributed by atoms with Gasteiger partial charge in [0.1, 0.15) is 5.82 Å². The summed E-state index contributed by atoms with van der Waals surface area (Å²) >= 11 is 0. The number of hydrogen-bond acceptors (Lipinski definition) is 5. The first-order valence-corrected chi connectivity index (χ1v) is 9.72. The Morgan fingerprint density at radius 1 is 1.07 bits per heavy atom. The third-order valence-electron chi connectivity index (χ3n) is 4.94. The Morgan fingerprint density at radius 3 is 2.52 bits per heavy atom. The van der Waals surface area contributed by atoms with E-state index in [4.69, 9.17) is 5.26 Å². The molecule has 4 rings (SSSR count). The average Bonchev–Trinajstić information content (AvgIpc) is 3.42. The number of nitriles is 1. The highest BCUT2D eigenvalue weighted by atomic mass is 16.1. The highest BCUT2D eigenvalue weighted by Gasteiger charge is 2.13. The molecule has 7 heteroatoms. The van der Waals surface area contributed by atoms with Gasteiger partial charge in [0.15, 0.2) is 5.82 Å². The van der Waals surface area contributed by atoms with Crippen LogP contribution in [0.5, 0.6) is 0 Å². The second-order valence-corrected chi connectivity index (χ2v) is 7.15. The predicted molar refractivity (Wildman–Crippen MR) is 111 cm³/mol. The van der Waals surface area contributed by atoms with Gasteiger partial charge < -0.3 is 10.2 Å². The lowest BCUT2D eigenvalue weighted by Crippen LogP contribution is -2.19. The van der Waals surface area contributed by atoms with Gasteiger partial charge in [-0.05, 0) is 42.2 Å². The lowest BCUT2D eigenvalue weighted by atomic mass is 10.1. The molecule has 1 N–H and O–H groups in total. The number of nitrogens with zero attached hydrogens (tertiary/aromatic N) is 5. The predicted octanol–water partition coefficient (Wildman–Crippen LogP) is 2.98. The maximum atomic E-state index is 12.3. The number of benzene rings is 1. The average molecular weight is 386 g/mol. The second-order valence-electron chi connectivity index (χ2n) is 7.15. The largest absolute Gasteiger partial charge is 0.357 e. The van der Waals surface area contributed by atoms with Crippen LogP contribution in [0.25, 0.3) is 0 Å². The summed E-state index contributed by atoms with van der Waals surface area (Å²) in [6.45, 7) is 2.68. The molecule has 0 spiro atoms. The molecular formula is C22H22N6O. The molecule has 0 saturated carbocycles. The van der Waals surface area contributed by atoms with Crippen molar-refractivity contribution in [3.8, 4) is 6.07 Å². The number of amides is 1. The van der Waals surface area contributed by atoms with Crippen LogP contribution in [-0.2, 0) is 17.8 Å². The van der Waals surface area contributed by atoms with Crippen molar-refractivity contribution in [2.75, 3.05) is 23.3 Å². The van der Waals surface area contributed by atoms with Crippen molar-refractivity contribution < 1.29 is 4.79 Å². The van der Waals surface area contributed by atoms with E-state index in [1.54, 1.807) is 29.1 Å². The zero-order valence-corrected chi connectivity index (χ0v) is 16.1. The van der Waals surface area contributed by atoms with Gasteiger partial charge in [0, 0.05) is 31.5 Å².